The van der Waals surface area contributed by atoms with Crippen LogP contribution in [0, 0.1) is 21.7 Å². The minimum Gasteiger partial charge on any atom is -0.0832 e. The Morgan fingerprint density at radius 2 is 0.947 bits per heavy atom. The van der Waals surface area contributed by atoms with E-state index in [0.29, 0.717) is 21.7 Å². The smallest absolute Gasteiger partial charge is 0.0660 e. The first kappa shape index (κ1) is 19.1. The highest BCUT2D eigenvalue weighted by Gasteiger charge is 2.35. The molecule has 0 bridgehead atoms. The van der Waals surface area contributed by atoms with Crippen LogP contribution in [0.5, 0.6) is 0 Å². The highest BCUT2D eigenvalue weighted by molar-refractivity contribution is 7.00. The second-order valence-corrected chi connectivity index (χ2v) is 9.13. The number of hydrogen-bond donors (Lipinski definition) is 0. The lowest BCUT2D eigenvalue weighted by Crippen LogP contribution is -2.35. The summed E-state index contributed by atoms with van der Waals surface area (Å²) in [4.78, 5) is 0. The van der Waals surface area contributed by atoms with Crippen LogP contribution < -0.4 is 0 Å². The van der Waals surface area contributed by atoms with Crippen LogP contribution in [0.25, 0.3) is 0 Å². The third-order valence-electron chi connectivity index (χ3n) is 6.17. The molecule has 0 aliphatic rings. The molecule has 19 heavy (non-hydrogen) atoms. The molecule has 0 aromatic heterocycles. The Hall–Kier alpha value is 0.130. The zero-order chi connectivity index (χ0) is 15.5. The van der Waals surface area contributed by atoms with Gasteiger partial charge in [0.15, 0.2) is 0 Å². The average molecular weight is 262 g/mol. The van der Waals surface area contributed by atoms with Crippen LogP contribution in [-0.4, -0.2) is 14.3 Å². The first-order chi connectivity index (χ1) is 8.27. The van der Waals surface area contributed by atoms with Crippen LogP contribution in [0.3, 0.4) is 0 Å². The Morgan fingerprint density at radius 1 is 0.579 bits per heavy atom. The molecule has 0 atom stereocenters. The van der Waals surface area contributed by atoms with Crippen molar-refractivity contribution in [2.75, 3.05) is 0 Å². The zero-order valence-corrected chi connectivity index (χ0v) is 15.3. The molecule has 0 aliphatic heterocycles. The molecule has 0 aromatic carbocycles. The topological polar surface area (TPSA) is 0 Å². The Balaban J connectivity index is 4.27. The van der Waals surface area contributed by atoms with Gasteiger partial charge in [-0.25, -0.2) is 0 Å². The van der Waals surface area contributed by atoms with Crippen molar-refractivity contribution in [1.29, 1.82) is 0 Å². The lowest BCUT2D eigenvalue weighted by atomic mass is 9.30. The molecule has 0 unspecified atom stereocenters. The van der Waals surface area contributed by atoms with Crippen molar-refractivity contribution in [3.05, 3.63) is 0 Å². The molecule has 0 fully saturated rings. The van der Waals surface area contributed by atoms with Gasteiger partial charge < -0.3 is 0 Å². The predicted octanol–water partition coefficient (Wildman–Crippen LogP) is 5.68. The highest BCUT2D eigenvalue weighted by Crippen LogP contribution is 2.44. The lowest BCUT2D eigenvalue weighted by molar-refractivity contribution is 0.127. The highest BCUT2D eigenvalue weighted by atomic mass is 14.4. The van der Waals surface area contributed by atoms with E-state index in [1.165, 1.54) is 19.1 Å². The maximum absolute atomic E-state index is 2.41. The van der Waals surface area contributed by atoms with Gasteiger partial charge in [-0.05, 0) is 21.7 Å². The summed E-state index contributed by atoms with van der Waals surface area (Å²) in [5.41, 5.74) is 1.48. The summed E-state index contributed by atoms with van der Waals surface area (Å²) < 4.78 is 0. The van der Waals surface area contributed by atoms with Gasteiger partial charge in [-0.1, -0.05) is 88.3 Å². The Kier molecular flexibility index (Phi) is 6.31. The van der Waals surface area contributed by atoms with Crippen molar-refractivity contribution >= 4 is 14.3 Å². The van der Waals surface area contributed by atoms with Crippen molar-refractivity contribution in [2.24, 2.45) is 21.7 Å². The van der Waals surface area contributed by atoms with E-state index in [1.54, 1.807) is 0 Å². The molecule has 0 aliphatic carbocycles. The summed E-state index contributed by atoms with van der Waals surface area (Å²) in [7, 11) is 4.81. The van der Waals surface area contributed by atoms with E-state index in [4.69, 9.17) is 0 Å². The molecule has 2 radical (unpaired) electrons. The monoisotopic (exact) mass is 262 g/mol. The second-order valence-electron chi connectivity index (χ2n) is 9.13. The van der Waals surface area contributed by atoms with Gasteiger partial charge in [0.25, 0.3) is 0 Å². The molecule has 0 aromatic rings. The maximum Gasteiger partial charge on any atom is 0.0660 e. The second kappa shape index (κ2) is 6.27. The van der Waals surface area contributed by atoms with Gasteiger partial charge in [-0.2, -0.15) is 0 Å². The van der Waals surface area contributed by atoms with Crippen molar-refractivity contribution in [3.8, 4) is 0 Å². The van der Waals surface area contributed by atoms with Crippen LogP contribution >= 0.6 is 0 Å². The minimum absolute atomic E-state index is 0.355. The summed E-state index contributed by atoms with van der Waals surface area (Å²) in [6, 6.07) is 0. The summed E-state index contributed by atoms with van der Waals surface area (Å²) >= 11 is 0. The Labute approximate surface area is 125 Å². The summed E-state index contributed by atoms with van der Waals surface area (Å²) in [5, 5.41) is 0. The van der Waals surface area contributed by atoms with Gasteiger partial charge in [0, 0.05) is 0 Å². The maximum atomic E-state index is 2.41. The predicted molar refractivity (Wildman–Crippen MR) is 92.2 cm³/mol. The molecule has 0 N–H and O–H groups in total. The van der Waals surface area contributed by atoms with E-state index < -0.39 is 0 Å². The van der Waals surface area contributed by atoms with Crippen molar-refractivity contribution < 1.29 is 0 Å². The van der Waals surface area contributed by atoms with E-state index in [-0.39, 0.29) is 0 Å². The molecule has 0 saturated carbocycles. The molecule has 2 heteroatoms. The van der Waals surface area contributed by atoms with Gasteiger partial charge in [0.2, 0.25) is 0 Å². The minimum atomic E-state index is 0.355. The average Bonchev–Trinajstić information content (AvgIpc) is 2.22. The Bertz CT molecular complexity index is 269. The number of rotatable bonds is 7. The molecular weight excluding hydrogens is 226 g/mol. The summed E-state index contributed by atoms with van der Waals surface area (Å²) in [6.45, 7) is 23.6. The van der Waals surface area contributed by atoms with Crippen LogP contribution in [0.4, 0.5) is 0 Å². The van der Waals surface area contributed by atoms with Crippen molar-refractivity contribution in [3.63, 3.8) is 0 Å². The zero-order valence-electron chi connectivity index (χ0n) is 15.3. The largest absolute Gasteiger partial charge is 0.0832 e. The molecular formula is C17H36B2. The van der Waals surface area contributed by atoms with Gasteiger partial charge in [0.05, 0.1) is 14.3 Å². The first-order valence-electron chi connectivity index (χ1n) is 7.92. The van der Waals surface area contributed by atoms with Crippen molar-refractivity contribution in [1.82, 2.24) is 0 Å². The van der Waals surface area contributed by atoms with Gasteiger partial charge >= 0.3 is 0 Å². The van der Waals surface area contributed by atoms with E-state index in [0.717, 1.165) is 0 Å². The SMILES string of the molecule is CCC(C)(C)C(C)(C)C[B][B]CC(C)(C)C(C)(C)C. The molecule has 110 valence electrons. The normalized spacial score (nSPS) is 14.4. The fraction of sp³-hybridized carbons (Fsp3) is 1.00. The van der Waals surface area contributed by atoms with Crippen molar-refractivity contribution in [2.45, 2.75) is 88.3 Å². The van der Waals surface area contributed by atoms with E-state index >= 15 is 0 Å². The van der Waals surface area contributed by atoms with Crippen LogP contribution in [0.2, 0.25) is 12.6 Å². The summed E-state index contributed by atoms with van der Waals surface area (Å²) in [5.74, 6) is 0. The Morgan fingerprint density at radius 3 is 1.26 bits per heavy atom. The first-order valence-corrected chi connectivity index (χ1v) is 7.92. The third kappa shape index (κ3) is 5.20. The lowest BCUT2D eigenvalue weighted by Gasteiger charge is -2.42. The molecule has 0 spiro atoms. The quantitative estimate of drug-likeness (QED) is 0.409. The fourth-order valence-electron chi connectivity index (χ4n) is 1.82. The molecule has 0 heterocycles. The van der Waals surface area contributed by atoms with Crippen LogP contribution in [-0.2, 0) is 0 Å². The third-order valence-corrected chi connectivity index (χ3v) is 6.17. The molecule has 0 nitrogen and oxygen atoms in total. The molecule has 0 saturated heterocycles. The van der Waals surface area contributed by atoms with Crippen LogP contribution in [0.15, 0.2) is 0 Å². The van der Waals surface area contributed by atoms with Gasteiger partial charge in [-0.3, -0.25) is 0 Å². The van der Waals surface area contributed by atoms with Gasteiger partial charge in [-0.15, -0.1) is 0 Å². The van der Waals surface area contributed by atoms with E-state index in [9.17, 15) is 0 Å². The summed E-state index contributed by atoms with van der Waals surface area (Å²) in [6.07, 6.45) is 3.58. The van der Waals surface area contributed by atoms with E-state index in [1.807, 2.05) is 0 Å². The van der Waals surface area contributed by atoms with Crippen LogP contribution in [0.1, 0.15) is 75.7 Å². The molecule has 0 rings (SSSR count). The molecule has 0 amide bonds. The fourth-order valence-corrected chi connectivity index (χ4v) is 1.82. The standard InChI is InChI=1S/C17H36B2/c1-11-15(5,6)17(9,10)13-19-18-12-16(7,8)14(2,3)4/h11-13H2,1-10H3. The number of hydrogen-bond acceptors (Lipinski definition) is 0. The van der Waals surface area contributed by atoms with Gasteiger partial charge in [0.1, 0.15) is 0 Å². The van der Waals surface area contributed by atoms with E-state index in [2.05, 4.69) is 83.6 Å².